The van der Waals surface area contributed by atoms with Crippen molar-refractivity contribution in [2.45, 2.75) is 55.4 Å². The summed E-state index contributed by atoms with van der Waals surface area (Å²) in [4.78, 5) is 0. The van der Waals surface area contributed by atoms with Gasteiger partial charge in [0.2, 0.25) is 0 Å². The van der Waals surface area contributed by atoms with Crippen molar-refractivity contribution < 1.29 is 17.1 Å². The minimum absolute atomic E-state index is 0. The fourth-order valence-corrected chi connectivity index (χ4v) is 9.01. The van der Waals surface area contributed by atoms with Crippen LogP contribution in [0.5, 0.6) is 0 Å². The quantitative estimate of drug-likeness (QED) is 0.182. The second kappa shape index (κ2) is 20.3. The Hall–Kier alpha value is 1.22. The summed E-state index contributed by atoms with van der Waals surface area (Å²) in [6.07, 6.45) is 17.7. The van der Waals surface area contributed by atoms with Gasteiger partial charge in [0.15, 0.2) is 0 Å². The molecule has 7 heteroatoms. The zero-order valence-electron chi connectivity index (χ0n) is 22.3. The monoisotopic (exact) mass is 534 g/mol. The van der Waals surface area contributed by atoms with Crippen LogP contribution in [0.1, 0.15) is 55.4 Å². The van der Waals surface area contributed by atoms with Crippen LogP contribution in [0.25, 0.3) is 0 Å². The van der Waals surface area contributed by atoms with Gasteiger partial charge >= 0.3 is 0 Å². The van der Waals surface area contributed by atoms with Crippen LogP contribution in [0.3, 0.4) is 0 Å². The molecule has 2 aliphatic carbocycles. The number of rotatable bonds is 14. The molecule has 0 spiro atoms. The molecule has 0 saturated heterocycles. The van der Waals surface area contributed by atoms with E-state index in [1.54, 1.807) is 0 Å². The van der Waals surface area contributed by atoms with Gasteiger partial charge in [-0.1, -0.05) is 55.4 Å². The summed E-state index contributed by atoms with van der Waals surface area (Å²) in [6, 6.07) is 0. The molecule has 0 bridgehead atoms. The van der Waals surface area contributed by atoms with E-state index in [1.165, 1.54) is 11.3 Å². The van der Waals surface area contributed by atoms with Crippen molar-refractivity contribution in [1.82, 2.24) is 18.7 Å². The van der Waals surface area contributed by atoms with Crippen molar-refractivity contribution in [1.29, 1.82) is 0 Å². The summed E-state index contributed by atoms with van der Waals surface area (Å²) in [7, 11) is -0.559. The number of hydrogen-bond donors (Lipinski definition) is 0. The fraction of sp³-hybridized carbons (Fsp3) is 0.615. The van der Waals surface area contributed by atoms with Crippen LogP contribution in [0.2, 0.25) is 0 Å². The SMILES string of the molecule is CCN(CC)P([C]1[CH][CH][CH][CH]1)N(CC)CC.CCN(CC)P([C]1[CH][CH][CH][CH]1)N(CC)CC.[Fe]. The van der Waals surface area contributed by atoms with Crippen molar-refractivity contribution in [3.63, 3.8) is 0 Å². The third kappa shape index (κ3) is 10.6. The van der Waals surface area contributed by atoms with Gasteiger partial charge in [-0.2, -0.15) is 0 Å². The molecule has 33 heavy (non-hydrogen) atoms. The Morgan fingerprint density at radius 3 is 0.758 bits per heavy atom. The Morgan fingerprint density at radius 2 is 0.606 bits per heavy atom. The molecule has 0 aromatic heterocycles. The molecule has 190 valence electrons. The zero-order chi connectivity index (χ0) is 23.9. The molecule has 2 saturated carbocycles. The van der Waals surface area contributed by atoms with E-state index in [1.807, 2.05) is 0 Å². The third-order valence-corrected chi connectivity index (χ3v) is 11.7. The van der Waals surface area contributed by atoms with Crippen molar-refractivity contribution in [3.05, 3.63) is 62.7 Å². The van der Waals surface area contributed by atoms with Crippen molar-refractivity contribution in [2.24, 2.45) is 0 Å². The smallest absolute Gasteiger partial charge is 0.0476 e. The summed E-state index contributed by atoms with van der Waals surface area (Å²) < 4.78 is 10.3. The van der Waals surface area contributed by atoms with Crippen molar-refractivity contribution in [3.8, 4) is 0 Å². The maximum atomic E-state index is 2.58. The van der Waals surface area contributed by atoms with Crippen molar-refractivity contribution >= 4 is 16.4 Å². The second-order valence-corrected chi connectivity index (χ2v) is 11.9. The van der Waals surface area contributed by atoms with E-state index < -0.39 is 0 Å². The maximum absolute atomic E-state index is 2.58. The first kappa shape index (κ1) is 34.2. The molecule has 2 aliphatic rings. The van der Waals surface area contributed by atoms with E-state index in [0.29, 0.717) is 0 Å². The maximum Gasteiger partial charge on any atom is 0.0476 e. The average molecular weight is 534 g/mol. The van der Waals surface area contributed by atoms with E-state index in [0.717, 1.165) is 52.4 Å². The Balaban J connectivity index is 0.000000602. The first-order valence-electron chi connectivity index (χ1n) is 12.6. The minimum atomic E-state index is -0.279. The van der Waals surface area contributed by atoms with E-state index >= 15 is 0 Å². The van der Waals surface area contributed by atoms with Crippen LogP contribution in [0.15, 0.2) is 0 Å². The summed E-state index contributed by atoms with van der Waals surface area (Å²) in [5.74, 6) is 0. The van der Waals surface area contributed by atoms with Gasteiger partial charge in [0.05, 0.1) is 0 Å². The molecular formula is C26H48FeN4P2. The molecular weight excluding hydrogens is 486 g/mol. The van der Waals surface area contributed by atoms with E-state index in [2.05, 4.69) is 125 Å². The standard InChI is InChI=1S/2C13H24N2P.Fe/c2*1-5-14(6-2)16(15(7-3)8-4)13-11-9-10-12-13;/h2*9-12H,5-8H2,1-4H3;. The van der Waals surface area contributed by atoms with Crippen LogP contribution < -0.4 is 0 Å². The van der Waals surface area contributed by atoms with Crippen LogP contribution in [0, 0.1) is 62.7 Å². The van der Waals surface area contributed by atoms with Crippen LogP contribution in [-0.4, -0.2) is 71.0 Å². The Labute approximate surface area is 222 Å². The van der Waals surface area contributed by atoms with Gasteiger partial charge in [0.1, 0.15) is 0 Å². The number of nitrogens with zero attached hydrogens (tertiary/aromatic N) is 4. The Morgan fingerprint density at radius 1 is 0.424 bits per heavy atom. The molecule has 0 aliphatic heterocycles. The summed E-state index contributed by atoms with van der Waals surface area (Å²) in [5.41, 5.74) is 2.98. The molecule has 2 fully saturated rings. The van der Waals surface area contributed by atoms with Crippen LogP contribution in [-0.2, 0) is 17.1 Å². The fourth-order valence-electron chi connectivity index (χ4n) is 3.97. The molecule has 0 N–H and O–H groups in total. The largest absolute Gasteiger partial charge is 0.270 e. The van der Waals surface area contributed by atoms with Gasteiger partial charge in [-0.3, -0.25) is 18.7 Å². The van der Waals surface area contributed by atoms with Gasteiger partial charge < -0.3 is 0 Å². The van der Waals surface area contributed by atoms with Crippen molar-refractivity contribution in [2.75, 3.05) is 52.4 Å². The number of hydrogen-bond acceptors (Lipinski definition) is 4. The molecule has 2 rings (SSSR count). The Kier molecular flexibility index (Phi) is 21.0. The average Bonchev–Trinajstić information content (AvgIpc) is 3.55. The predicted octanol–water partition coefficient (Wildman–Crippen LogP) is 6.69. The predicted molar refractivity (Wildman–Crippen MR) is 146 cm³/mol. The molecule has 0 unspecified atom stereocenters. The normalized spacial score (nSPS) is 17.6. The molecule has 0 atom stereocenters. The summed E-state index contributed by atoms with van der Waals surface area (Å²) >= 11 is 0. The van der Waals surface area contributed by atoms with Gasteiger partial charge in [0.25, 0.3) is 0 Å². The molecule has 0 aromatic carbocycles. The molecule has 0 heterocycles. The van der Waals surface area contributed by atoms with Crippen LogP contribution in [0.4, 0.5) is 0 Å². The van der Waals surface area contributed by atoms with Gasteiger partial charge in [-0.25, -0.2) is 0 Å². The zero-order valence-corrected chi connectivity index (χ0v) is 25.2. The van der Waals surface area contributed by atoms with Gasteiger partial charge in [0, 0.05) is 97.2 Å². The molecule has 10 radical (unpaired) electrons. The van der Waals surface area contributed by atoms with Crippen LogP contribution >= 0.6 is 16.4 Å². The molecule has 0 aromatic rings. The first-order chi connectivity index (χ1) is 15.6. The van der Waals surface area contributed by atoms with E-state index in [-0.39, 0.29) is 33.5 Å². The molecule has 4 nitrogen and oxygen atoms in total. The third-order valence-electron chi connectivity index (χ3n) is 5.74. The summed E-state index contributed by atoms with van der Waals surface area (Å²) in [6.45, 7) is 27.1. The van der Waals surface area contributed by atoms with E-state index in [9.17, 15) is 0 Å². The first-order valence-corrected chi connectivity index (χ1v) is 15.1. The van der Waals surface area contributed by atoms with Gasteiger partial charge in [-0.05, 0) is 51.4 Å². The second-order valence-electron chi connectivity index (χ2n) is 7.42. The summed E-state index contributed by atoms with van der Waals surface area (Å²) in [5, 5.41) is 0. The molecule has 0 amide bonds. The van der Waals surface area contributed by atoms with Gasteiger partial charge in [-0.15, -0.1) is 0 Å². The minimum Gasteiger partial charge on any atom is -0.270 e. The van der Waals surface area contributed by atoms with E-state index in [4.69, 9.17) is 0 Å². The Bertz CT molecular complexity index is 362. The topological polar surface area (TPSA) is 13.0 Å².